The van der Waals surface area contributed by atoms with Crippen LogP contribution in [0, 0.1) is 0 Å². The van der Waals surface area contributed by atoms with Gasteiger partial charge in [-0.3, -0.25) is 0 Å². The highest BCUT2D eigenvalue weighted by Gasteiger charge is 2.07. The lowest BCUT2D eigenvalue weighted by Crippen LogP contribution is -2.00. The van der Waals surface area contributed by atoms with Gasteiger partial charge in [0.25, 0.3) is 0 Å². The predicted octanol–water partition coefficient (Wildman–Crippen LogP) is 5.77. The van der Waals surface area contributed by atoms with Crippen LogP contribution in [0.15, 0.2) is 70.9 Å². The topological polar surface area (TPSA) is 37.3 Å². The van der Waals surface area contributed by atoms with Gasteiger partial charge in [-0.2, -0.15) is 0 Å². The lowest BCUT2D eigenvalue weighted by molar-refractivity contribution is -0.132. The van der Waals surface area contributed by atoms with Crippen molar-refractivity contribution >= 4 is 5.97 Å². The molecule has 0 aliphatic carbocycles. The van der Waals surface area contributed by atoms with Crippen molar-refractivity contribution in [3.8, 4) is 0 Å². The summed E-state index contributed by atoms with van der Waals surface area (Å²) in [6.45, 7) is 9.45. The third kappa shape index (κ3) is 8.25. The van der Waals surface area contributed by atoms with E-state index in [1.807, 2.05) is 58.1 Å². The van der Waals surface area contributed by atoms with Crippen molar-refractivity contribution in [3.63, 3.8) is 0 Å². The van der Waals surface area contributed by atoms with E-state index in [0.717, 1.165) is 29.6 Å². The molecule has 0 saturated heterocycles. The summed E-state index contributed by atoms with van der Waals surface area (Å²) in [6, 6.07) is 0. The maximum absolute atomic E-state index is 11.0. The summed E-state index contributed by atoms with van der Waals surface area (Å²) in [6.07, 6.45) is 18.5. The van der Waals surface area contributed by atoms with Crippen LogP contribution in [-0.4, -0.2) is 11.1 Å². The second-order valence-corrected chi connectivity index (χ2v) is 5.18. The fourth-order valence-corrected chi connectivity index (χ4v) is 1.72. The standard InChI is InChI=1S/C20H28O2/c1-6-7-8-9-10-11-12-13-14-15-16(2)17(3)18(4)19(5)20(21)22/h6-7,10-15H,8-9H2,1-5H3,(H,21,22). The Kier molecular flexibility index (Phi) is 10.5. The van der Waals surface area contributed by atoms with E-state index in [1.54, 1.807) is 6.92 Å². The summed E-state index contributed by atoms with van der Waals surface area (Å²) in [5.74, 6) is -0.864. The molecular weight excluding hydrogens is 272 g/mol. The number of carboxylic acids is 1. The third-order valence-corrected chi connectivity index (χ3v) is 3.59. The van der Waals surface area contributed by atoms with Gasteiger partial charge in [-0.05, 0) is 64.2 Å². The van der Waals surface area contributed by atoms with Gasteiger partial charge < -0.3 is 5.11 Å². The molecule has 0 fully saturated rings. The Morgan fingerprint density at radius 3 is 2.00 bits per heavy atom. The number of carboxylic acid groups (broad SMARTS) is 1. The first-order valence-corrected chi connectivity index (χ1v) is 7.61. The van der Waals surface area contributed by atoms with E-state index in [2.05, 4.69) is 18.2 Å². The van der Waals surface area contributed by atoms with Crippen molar-refractivity contribution in [2.24, 2.45) is 0 Å². The molecule has 0 aromatic heterocycles. The molecular formula is C20H28O2. The van der Waals surface area contributed by atoms with E-state index in [1.165, 1.54) is 0 Å². The van der Waals surface area contributed by atoms with Crippen molar-refractivity contribution in [2.45, 2.75) is 47.5 Å². The first-order chi connectivity index (χ1) is 10.4. The molecule has 0 aliphatic heterocycles. The van der Waals surface area contributed by atoms with Crippen molar-refractivity contribution < 1.29 is 9.90 Å². The summed E-state index contributed by atoms with van der Waals surface area (Å²) in [5, 5.41) is 9.01. The van der Waals surface area contributed by atoms with Gasteiger partial charge >= 0.3 is 5.97 Å². The normalized spacial score (nSPS) is 15.1. The van der Waals surface area contributed by atoms with Crippen molar-refractivity contribution in [1.29, 1.82) is 0 Å². The van der Waals surface area contributed by atoms with Gasteiger partial charge in [0, 0.05) is 5.57 Å². The van der Waals surface area contributed by atoms with Gasteiger partial charge in [0.15, 0.2) is 0 Å². The maximum Gasteiger partial charge on any atom is 0.331 e. The molecule has 1 N–H and O–H groups in total. The summed E-state index contributed by atoms with van der Waals surface area (Å²) < 4.78 is 0. The minimum absolute atomic E-state index is 0.393. The zero-order chi connectivity index (χ0) is 17.0. The van der Waals surface area contributed by atoms with Gasteiger partial charge in [0.1, 0.15) is 0 Å². The summed E-state index contributed by atoms with van der Waals surface area (Å²) in [5.41, 5.74) is 3.29. The van der Waals surface area contributed by atoms with Crippen LogP contribution in [0.2, 0.25) is 0 Å². The van der Waals surface area contributed by atoms with Crippen LogP contribution in [0.3, 0.4) is 0 Å². The van der Waals surface area contributed by atoms with Gasteiger partial charge in [0.2, 0.25) is 0 Å². The van der Waals surface area contributed by atoms with Crippen LogP contribution < -0.4 is 0 Å². The molecule has 22 heavy (non-hydrogen) atoms. The Morgan fingerprint density at radius 1 is 0.818 bits per heavy atom. The number of rotatable bonds is 8. The zero-order valence-electron chi connectivity index (χ0n) is 14.4. The van der Waals surface area contributed by atoms with Crippen molar-refractivity contribution in [2.75, 3.05) is 0 Å². The fraction of sp³-hybridized carbons (Fsp3) is 0.350. The molecule has 0 unspecified atom stereocenters. The minimum Gasteiger partial charge on any atom is -0.478 e. The lowest BCUT2D eigenvalue weighted by Gasteiger charge is -2.07. The van der Waals surface area contributed by atoms with E-state index in [0.29, 0.717) is 5.57 Å². The molecule has 0 saturated carbocycles. The quantitative estimate of drug-likeness (QED) is 0.267. The highest BCUT2D eigenvalue weighted by Crippen LogP contribution is 2.18. The second kappa shape index (κ2) is 11.6. The predicted molar refractivity (Wildman–Crippen MR) is 95.9 cm³/mol. The lowest BCUT2D eigenvalue weighted by atomic mass is 9.99. The van der Waals surface area contributed by atoms with E-state index < -0.39 is 5.97 Å². The highest BCUT2D eigenvalue weighted by atomic mass is 16.4. The van der Waals surface area contributed by atoms with Gasteiger partial charge in [-0.1, -0.05) is 48.6 Å². The van der Waals surface area contributed by atoms with Gasteiger partial charge in [-0.15, -0.1) is 0 Å². The molecule has 0 amide bonds. The molecule has 0 spiro atoms. The molecule has 2 nitrogen and oxygen atoms in total. The first kappa shape index (κ1) is 19.9. The summed E-state index contributed by atoms with van der Waals surface area (Å²) in [4.78, 5) is 11.0. The average molecular weight is 300 g/mol. The number of allylic oxidation sites excluding steroid dienone is 11. The van der Waals surface area contributed by atoms with E-state index in [-0.39, 0.29) is 0 Å². The third-order valence-electron chi connectivity index (χ3n) is 3.59. The number of aliphatic carboxylic acids is 1. The van der Waals surface area contributed by atoms with Crippen LogP contribution in [0.25, 0.3) is 0 Å². The van der Waals surface area contributed by atoms with Crippen LogP contribution in [-0.2, 0) is 4.79 Å². The molecule has 0 aromatic rings. The number of carbonyl (C=O) groups is 1. The molecule has 0 bridgehead atoms. The Morgan fingerprint density at radius 2 is 1.41 bits per heavy atom. The van der Waals surface area contributed by atoms with Crippen LogP contribution in [0.1, 0.15) is 47.5 Å². The maximum atomic E-state index is 11.0. The molecule has 0 heterocycles. The van der Waals surface area contributed by atoms with E-state index in [9.17, 15) is 4.79 Å². The monoisotopic (exact) mass is 300 g/mol. The highest BCUT2D eigenvalue weighted by molar-refractivity contribution is 5.87. The molecule has 2 heteroatoms. The Balaban J connectivity index is 4.64. The Labute approximate surface area is 134 Å². The Hall–Kier alpha value is -2.09. The molecule has 120 valence electrons. The molecule has 0 atom stereocenters. The number of unbranched alkanes of at least 4 members (excludes halogenated alkanes) is 1. The zero-order valence-corrected chi connectivity index (χ0v) is 14.4. The second-order valence-electron chi connectivity index (χ2n) is 5.18. The van der Waals surface area contributed by atoms with Gasteiger partial charge in [-0.25, -0.2) is 4.79 Å². The van der Waals surface area contributed by atoms with E-state index >= 15 is 0 Å². The van der Waals surface area contributed by atoms with E-state index in [4.69, 9.17) is 5.11 Å². The Bertz CT molecular complexity index is 538. The average Bonchev–Trinajstić information content (AvgIpc) is 2.50. The summed E-state index contributed by atoms with van der Waals surface area (Å²) in [7, 11) is 0. The van der Waals surface area contributed by atoms with Crippen LogP contribution in [0.5, 0.6) is 0 Å². The van der Waals surface area contributed by atoms with Crippen LogP contribution in [0.4, 0.5) is 0 Å². The SMILES string of the molecule is CC=CCCC=CC=CC=CC(C)=C(C)C(C)=C(C)C(=O)O. The largest absolute Gasteiger partial charge is 0.478 e. The van der Waals surface area contributed by atoms with Crippen molar-refractivity contribution in [3.05, 3.63) is 70.9 Å². The molecule has 0 rings (SSSR count). The molecule has 0 aromatic carbocycles. The van der Waals surface area contributed by atoms with Gasteiger partial charge in [0.05, 0.1) is 0 Å². The molecule has 0 radical (unpaired) electrons. The number of hydrogen-bond acceptors (Lipinski definition) is 1. The van der Waals surface area contributed by atoms with Crippen LogP contribution >= 0.6 is 0 Å². The smallest absolute Gasteiger partial charge is 0.331 e. The molecule has 0 aliphatic rings. The fourth-order valence-electron chi connectivity index (χ4n) is 1.72. The van der Waals surface area contributed by atoms with Crippen molar-refractivity contribution in [1.82, 2.24) is 0 Å². The summed E-state index contributed by atoms with van der Waals surface area (Å²) >= 11 is 0. The minimum atomic E-state index is -0.864. The first-order valence-electron chi connectivity index (χ1n) is 7.61. The number of hydrogen-bond donors (Lipinski definition) is 1.